The van der Waals surface area contributed by atoms with Gasteiger partial charge in [0.25, 0.3) is 0 Å². The number of nitrogens with zero attached hydrogens (tertiary/aromatic N) is 7. The van der Waals surface area contributed by atoms with Gasteiger partial charge in [0.1, 0.15) is 18.4 Å². The monoisotopic (exact) mass is 560 g/mol. The van der Waals surface area contributed by atoms with E-state index in [0.29, 0.717) is 51.5 Å². The number of aromatic nitrogens is 2. The van der Waals surface area contributed by atoms with Crippen LogP contribution >= 0.6 is 0 Å². The molecule has 3 aliphatic heterocycles. The number of anilines is 2. The van der Waals surface area contributed by atoms with Crippen molar-refractivity contribution in [2.24, 2.45) is 0 Å². The number of aryl methyl sites for hydroxylation is 1. The van der Waals surface area contributed by atoms with E-state index < -0.39 is 0 Å². The highest BCUT2D eigenvalue weighted by atomic mass is 19.1. The normalized spacial score (nSPS) is 24.3. The molecule has 2 saturated heterocycles. The van der Waals surface area contributed by atoms with Crippen LogP contribution in [0.15, 0.2) is 24.8 Å². The zero-order valence-electron chi connectivity index (χ0n) is 23.6. The summed E-state index contributed by atoms with van der Waals surface area (Å²) >= 11 is 0. The van der Waals surface area contributed by atoms with Gasteiger partial charge >= 0.3 is 6.01 Å². The lowest BCUT2D eigenvalue weighted by Crippen LogP contribution is -2.55. The number of hydrogen-bond acceptors (Lipinski definition) is 9. The molecule has 0 bridgehead atoms. The maximum absolute atomic E-state index is 14.2. The molecule has 10 nitrogen and oxygen atoms in total. The number of ether oxygens (including phenoxy) is 1. The minimum Gasteiger partial charge on any atom is -0.447 e. The van der Waals surface area contributed by atoms with Crippen LogP contribution in [0.4, 0.5) is 15.9 Å². The molecule has 6 rings (SSSR count). The van der Waals surface area contributed by atoms with Crippen molar-refractivity contribution in [3.8, 4) is 12.1 Å². The van der Waals surface area contributed by atoms with E-state index in [-0.39, 0.29) is 35.9 Å². The highest BCUT2D eigenvalue weighted by Crippen LogP contribution is 2.43. The largest absolute Gasteiger partial charge is 0.447 e. The van der Waals surface area contributed by atoms with E-state index in [2.05, 4.69) is 34.3 Å². The Morgan fingerprint density at radius 3 is 2.88 bits per heavy atom. The maximum Gasteiger partial charge on any atom is 0.319 e. The van der Waals surface area contributed by atoms with Crippen molar-refractivity contribution in [3.63, 3.8) is 0 Å². The van der Waals surface area contributed by atoms with Gasteiger partial charge < -0.3 is 20.3 Å². The van der Waals surface area contributed by atoms with Crippen LogP contribution in [0.1, 0.15) is 61.0 Å². The van der Waals surface area contributed by atoms with Gasteiger partial charge in [-0.2, -0.15) is 15.2 Å². The number of rotatable bonds is 7. The summed E-state index contributed by atoms with van der Waals surface area (Å²) in [6.07, 6.45) is 5.53. The fraction of sp³-hybridized carbons (Fsp3) is 0.533. The Morgan fingerprint density at radius 2 is 2.12 bits per heavy atom. The molecule has 41 heavy (non-hydrogen) atoms. The van der Waals surface area contributed by atoms with E-state index in [4.69, 9.17) is 20.4 Å². The molecule has 0 saturated carbocycles. The van der Waals surface area contributed by atoms with Gasteiger partial charge in [0.05, 0.1) is 29.9 Å². The van der Waals surface area contributed by atoms with Crippen molar-refractivity contribution in [1.82, 2.24) is 24.7 Å². The summed E-state index contributed by atoms with van der Waals surface area (Å²) in [4.78, 5) is 30.9. The highest BCUT2D eigenvalue weighted by Gasteiger charge is 2.38. The van der Waals surface area contributed by atoms with E-state index in [1.165, 1.54) is 6.08 Å². The Kier molecular flexibility index (Phi) is 7.53. The van der Waals surface area contributed by atoms with Gasteiger partial charge in [-0.25, -0.2) is 4.39 Å². The van der Waals surface area contributed by atoms with Gasteiger partial charge in [0.2, 0.25) is 5.91 Å². The van der Waals surface area contributed by atoms with Crippen molar-refractivity contribution < 1.29 is 13.9 Å². The van der Waals surface area contributed by atoms with Crippen LogP contribution in [0, 0.1) is 17.1 Å². The minimum atomic E-state index is -0.364. The van der Waals surface area contributed by atoms with Gasteiger partial charge in [0, 0.05) is 56.9 Å². The third-order valence-corrected chi connectivity index (χ3v) is 9.13. The molecule has 1 aromatic heterocycles. The van der Waals surface area contributed by atoms with E-state index in [1.807, 2.05) is 0 Å². The Morgan fingerprint density at radius 1 is 1.27 bits per heavy atom. The Labute approximate surface area is 240 Å². The fourth-order valence-corrected chi connectivity index (χ4v) is 6.85. The lowest BCUT2D eigenvalue weighted by Gasteiger charge is -2.41. The average molecular weight is 561 g/mol. The van der Waals surface area contributed by atoms with Gasteiger partial charge in [-0.1, -0.05) is 6.58 Å². The summed E-state index contributed by atoms with van der Waals surface area (Å²) in [5.41, 5.74) is 10.2. The number of halogens is 1. The lowest BCUT2D eigenvalue weighted by molar-refractivity contribution is -0.128. The molecule has 216 valence electrons. The number of amides is 1. The smallest absolute Gasteiger partial charge is 0.319 e. The third kappa shape index (κ3) is 5.22. The van der Waals surface area contributed by atoms with Gasteiger partial charge in [-0.15, -0.1) is 0 Å². The second-order valence-electron chi connectivity index (χ2n) is 11.6. The fourth-order valence-electron chi connectivity index (χ4n) is 6.85. The molecule has 4 heterocycles. The summed E-state index contributed by atoms with van der Waals surface area (Å²) in [6, 6.07) is 6.24. The number of nitriles is 1. The molecule has 11 heteroatoms. The lowest BCUT2D eigenvalue weighted by atomic mass is 10.1. The first kappa shape index (κ1) is 27.4. The summed E-state index contributed by atoms with van der Waals surface area (Å²) in [5.74, 6) is 0.271. The van der Waals surface area contributed by atoms with E-state index >= 15 is 0 Å². The second-order valence-corrected chi connectivity index (χ2v) is 11.6. The standard InChI is InChI=1S/C30H37FN8O2/c1-3-28(40)39-12-11-36(15-21(39)8-9-32)29-23-16-38(27-7-6-20-13-24(31)25(33)14-22(20)27)17-26(23)34-30(35-29)41-18-37-10-4-5-19(37)2/h3,13-14,19,21,27H,1,4-8,10-12,15-18,33H2,2H3/t19?,21-,27?/m0/s1. The SMILES string of the molecule is C=CC(=O)N1CCN(c2nc(OCN3CCCC3C)nc3c2CN(C2CCc4cc(F)c(N)cc42)C3)C[C@@H]1CC#N. The van der Waals surface area contributed by atoms with Gasteiger partial charge in [-0.05, 0) is 61.9 Å². The number of likely N-dealkylation sites (tertiary alicyclic amines) is 1. The van der Waals surface area contributed by atoms with Crippen LogP contribution in [-0.2, 0) is 24.3 Å². The summed E-state index contributed by atoms with van der Waals surface area (Å²) in [5, 5.41) is 9.49. The molecule has 0 spiro atoms. The van der Waals surface area contributed by atoms with Crippen molar-refractivity contribution in [2.45, 2.75) is 70.2 Å². The minimum absolute atomic E-state index is 0.109. The van der Waals surface area contributed by atoms with E-state index in [1.54, 1.807) is 17.0 Å². The third-order valence-electron chi connectivity index (χ3n) is 9.13. The van der Waals surface area contributed by atoms with Crippen LogP contribution in [-0.4, -0.2) is 75.6 Å². The second kappa shape index (κ2) is 11.3. The molecule has 4 aliphatic rings. The molecule has 2 unspecified atom stereocenters. The van der Waals surface area contributed by atoms with Crippen LogP contribution < -0.4 is 15.4 Å². The summed E-state index contributed by atoms with van der Waals surface area (Å²) in [6.45, 7) is 10.1. The van der Waals surface area contributed by atoms with Crippen LogP contribution in [0.25, 0.3) is 0 Å². The first-order chi connectivity index (χ1) is 19.9. The molecule has 2 fully saturated rings. The number of fused-ring (bicyclic) bond motifs is 2. The van der Waals surface area contributed by atoms with Crippen molar-refractivity contribution in [2.75, 3.05) is 43.5 Å². The number of benzene rings is 1. The summed E-state index contributed by atoms with van der Waals surface area (Å²) < 4.78 is 20.3. The first-order valence-corrected chi connectivity index (χ1v) is 14.5. The molecule has 1 amide bonds. The average Bonchev–Trinajstić information content (AvgIpc) is 3.69. The maximum atomic E-state index is 14.2. The topological polar surface area (TPSA) is 115 Å². The molecular formula is C30H37FN8O2. The predicted octanol–water partition coefficient (Wildman–Crippen LogP) is 3.14. The number of carbonyl (C=O) groups excluding carboxylic acids is 1. The van der Waals surface area contributed by atoms with Crippen LogP contribution in [0.2, 0.25) is 0 Å². The zero-order chi connectivity index (χ0) is 28.7. The van der Waals surface area contributed by atoms with Gasteiger partial charge in [0.15, 0.2) is 0 Å². The molecular weight excluding hydrogens is 523 g/mol. The highest BCUT2D eigenvalue weighted by molar-refractivity contribution is 5.87. The molecule has 2 N–H and O–H groups in total. The van der Waals surface area contributed by atoms with E-state index in [0.717, 1.165) is 60.4 Å². The number of piperazine rings is 1. The first-order valence-electron chi connectivity index (χ1n) is 14.5. The van der Waals surface area contributed by atoms with E-state index in [9.17, 15) is 14.4 Å². The number of nitrogen functional groups attached to an aromatic ring is 1. The molecule has 0 radical (unpaired) electrons. The Bertz CT molecular complexity index is 1390. The summed E-state index contributed by atoms with van der Waals surface area (Å²) in [7, 11) is 0. The van der Waals surface area contributed by atoms with Gasteiger partial charge in [-0.3, -0.25) is 14.6 Å². The van der Waals surface area contributed by atoms with Crippen molar-refractivity contribution in [1.29, 1.82) is 5.26 Å². The quantitative estimate of drug-likeness (QED) is 0.403. The number of carbonyl (C=O) groups is 1. The number of hydrogen-bond donors (Lipinski definition) is 1. The van der Waals surface area contributed by atoms with Crippen LogP contribution in [0.3, 0.4) is 0 Å². The van der Waals surface area contributed by atoms with Crippen molar-refractivity contribution >= 4 is 17.4 Å². The van der Waals surface area contributed by atoms with Crippen molar-refractivity contribution in [3.05, 3.63) is 53.0 Å². The predicted molar refractivity (Wildman–Crippen MR) is 152 cm³/mol. The molecule has 1 aromatic carbocycles. The number of nitrogens with two attached hydrogens (primary N) is 1. The Hall–Kier alpha value is -3.75. The molecule has 1 aliphatic carbocycles. The Balaban J connectivity index is 1.30. The zero-order valence-corrected chi connectivity index (χ0v) is 23.6. The molecule has 3 atom stereocenters. The van der Waals surface area contributed by atoms with Crippen LogP contribution in [0.5, 0.6) is 6.01 Å². The molecule has 2 aromatic rings.